The molecule has 82 valence electrons. The van der Waals surface area contributed by atoms with Gasteiger partial charge >= 0.3 is 0 Å². The quantitative estimate of drug-likeness (QED) is 0.489. The number of hydrogen-bond acceptors (Lipinski definition) is 2. The lowest BCUT2D eigenvalue weighted by Crippen LogP contribution is -1.99. The fourth-order valence-electron chi connectivity index (χ4n) is 1.57. The number of oxazole rings is 1. The van der Waals surface area contributed by atoms with Gasteiger partial charge in [-0.1, -0.05) is 52.3 Å². The Hall–Kier alpha value is -0.775. The second-order valence-electron chi connectivity index (χ2n) is 3.83. The number of hydrogen-bond donors (Lipinski definition) is 0. The Morgan fingerprint density at radius 2 is 2.00 bits per heavy atom. The second-order valence-corrected chi connectivity index (χ2v) is 4.91. The summed E-state index contributed by atoms with van der Waals surface area (Å²) in [4.78, 5) is 4.53. The molecule has 1 aromatic heterocycles. The number of halogens is 1. The van der Waals surface area contributed by atoms with Gasteiger partial charge in [-0.25, -0.2) is 4.98 Å². The minimum absolute atomic E-state index is 0.734. The van der Waals surface area contributed by atoms with Crippen LogP contribution in [0.5, 0.6) is 0 Å². The van der Waals surface area contributed by atoms with Crippen molar-refractivity contribution in [2.45, 2.75) is 13.3 Å². The van der Waals surface area contributed by atoms with E-state index in [1.54, 1.807) is 0 Å². The molecule has 0 amide bonds. The van der Waals surface area contributed by atoms with E-state index < -0.39 is 0 Å². The van der Waals surface area contributed by atoms with Crippen LogP contribution in [-0.4, -0.2) is 17.3 Å². The second kappa shape index (κ2) is 5.04. The average molecular weight is 325 g/mol. The third-order valence-corrected chi connectivity index (χ3v) is 3.06. The molecular formula is C12H13BINO. The third kappa shape index (κ3) is 2.48. The molecule has 2 aromatic rings. The first-order valence-corrected chi connectivity index (χ1v) is 6.82. The monoisotopic (exact) mass is 325 g/mol. The van der Waals surface area contributed by atoms with E-state index in [0.29, 0.717) is 0 Å². The predicted octanol–water partition coefficient (Wildman–Crippen LogP) is 1.89. The van der Waals surface area contributed by atoms with Gasteiger partial charge in [-0.05, 0) is 6.92 Å². The summed E-state index contributed by atoms with van der Waals surface area (Å²) >= 11 is 2.35. The lowest BCUT2D eigenvalue weighted by atomic mass is 9.95. The zero-order chi connectivity index (χ0) is 11.5. The Kier molecular flexibility index (Phi) is 3.68. The van der Waals surface area contributed by atoms with Crippen molar-refractivity contribution >= 4 is 35.9 Å². The molecule has 0 atom stereocenters. The molecule has 1 aromatic carbocycles. The smallest absolute Gasteiger partial charge is 0.226 e. The number of alkyl halides is 1. The van der Waals surface area contributed by atoms with Crippen LogP contribution in [0.2, 0.25) is 0 Å². The van der Waals surface area contributed by atoms with Crippen LogP contribution in [0.4, 0.5) is 0 Å². The molecule has 1 heterocycles. The fraction of sp³-hybridized carbons (Fsp3) is 0.250. The molecule has 0 spiro atoms. The van der Waals surface area contributed by atoms with E-state index in [-0.39, 0.29) is 0 Å². The number of rotatable bonds is 3. The first-order valence-electron chi connectivity index (χ1n) is 5.30. The zero-order valence-electron chi connectivity index (χ0n) is 9.46. The maximum Gasteiger partial charge on any atom is 0.226 e. The zero-order valence-corrected chi connectivity index (χ0v) is 11.6. The van der Waals surface area contributed by atoms with Crippen LogP contribution in [0.3, 0.4) is 0 Å². The van der Waals surface area contributed by atoms with Crippen LogP contribution >= 0.6 is 22.6 Å². The van der Waals surface area contributed by atoms with Gasteiger partial charge in [-0.15, -0.1) is 0 Å². The molecule has 0 bridgehead atoms. The van der Waals surface area contributed by atoms with Crippen molar-refractivity contribution in [1.29, 1.82) is 0 Å². The molecule has 0 saturated carbocycles. The summed E-state index contributed by atoms with van der Waals surface area (Å²) in [6.45, 7) is 1.98. The molecule has 2 rings (SSSR count). The number of benzene rings is 1. The molecule has 0 aliphatic rings. The lowest BCUT2D eigenvalue weighted by molar-refractivity contribution is 0.540. The number of aromatic nitrogens is 1. The van der Waals surface area contributed by atoms with Crippen LogP contribution in [0.25, 0.3) is 11.5 Å². The largest absolute Gasteiger partial charge is 0.441 e. The SMILES string of the molecule is Bc1ccc(-c2nc(CCI)c(C)o2)cc1. The lowest BCUT2D eigenvalue weighted by Gasteiger charge is -1.95. The van der Waals surface area contributed by atoms with Gasteiger partial charge in [-0.3, -0.25) is 0 Å². The summed E-state index contributed by atoms with van der Waals surface area (Å²) in [5.41, 5.74) is 3.37. The Morgan fingerprint density at radius 3 is 2.62 bits per heavy atom. The first-order chi connectivity index (χ1) is 7.70. The van der Waals surface area contributed by atoms with E-state index in [4.69, 9.17) is 4.42 Å². The molecule has 0 unspecified atom stereocenters. The Bertz CT molecular complexity index is 478. The van der Waals surface area contributed by atoms with E-state index in [1.807, 2.05) is 6.92 Å². The van der Waals surface area contributed by atoms with E-state index in [2.05, 4.69) is 59.7 Å². The molecule has 0 radical (unpaired) electrons. The van der Waals surface area contributed by atoms with E-state index in [0.717, 1.165) is 33.8 Å². The van der Waals surface area contributed by atoms with E-state index >= 15 is 0 Å². The van der Waals surface area contributed by atoms with Crippen LogP contribution in [0, 0.1) is 6.92 Å². The summed E-state index contributed by atoms with van der Waals surface area (Å²) in [7, 11) is 2.08. The summed E-state index contributed by atoms with van der Waals surface area (Å²) in [5.74, 6) is 1.67. The van der Waals surface area contributed by atoms with Gasteiger partial charge in [0.05, 0.1) is 5.69 Å². The van der Waals surface area contributed by atoms with Gasteiger partial charge in [0.2, 0.25) is 5.89 Å². The molecular weight excluding hydrogens is 312 g/mol. The highest BCUT2D eigenvalue weighted by atomic mass is 127. The molecule has 2 nitrogen and oxygen atoms in total. The topological polar surface area (TPSA) is 26.0 Å². The van der Waals surface area contributed by atoms with Gasteiger partial charge in [0.25, 0.3) is 0 Å². The van der Waals surface area contributed by atoms with Gasteiger partial charge < -0.3 is 4.42 Å². The van der Waals surface area contributed by atoms with Gasteiger partial charge in [-0.2, -0.15) is 0 Å². The highest BCUT2D eigenvalue weighted by Gasteiger charge is 2.10. The molecule has 0 N–H and O–H groups in total. The molecule has 0 aliphatic carbocycles. The van der Waals surface area contributed by atoms with Crippen LogP contribution in [0.15, 0.2) is 28.7 Å². The highest BCUT2D eigenvalue weighted by Crippen LogP contribution is 2.21. The molecule has 16 heavy (non-hydrogen) atoms. The van der Waals surface area contributed by atoms with Crippen molar-refractivity contribution in [1.82, 2.24) is 4.98 Å². The van der Waals surface area contributed by atoms with Crippen LogP contribution < -0.4 is 5.46 Å². The normalized spacial score (nSPS) is 10.6. The van der Waals surface area contributed by atoms with Gasteiger partial charge in [0.15, 0.2) is 0 Å². The van der Waals surface area contributed by atoms with Crippen LogP contribution in [0.1, 0.15) is 11.5 Å². The Labute approximate surface area is 110 Å². The number of aryl methyl sites for hydroxylation is 2. The van der Waals surface area contributed by atoms with E-state index in [1.165, 1.54) is 5.46 Å². The first kappa shape index (κ1) is 11.7. The Balaban J connectivity index is 2.33. The molecule has 0 fully saturated rings. The standard InChI is InChI=1S/C12H13BINO/c1-8-11(6-7-14)15-12(16-8)9-2-4-10(13)5-3-9/h2-5H,6-7,13H2,1H3. The Morgan fingerprint density at radius 1 is 1.31 bits per heavy atom. The maximum absolute atomic E-state index is 5.68. The predicted molar refractivity (Wildman–Crippen MR) is 77.4 cm³/mol. The van der Waals surface area contributed by atoms with E-state index in [9.17, 15) is 0 Å². The fourth-order valence-corrected chi connectivity index (χ4v) is 2.08. The average Bonchev–Trinajstić information content (AvgIpc) is 2.62. The van der Waals surface area contributed by atoms with Crippen molar-refractivity contribution in [3.63, 3.8) is 0 Å². The maximum atomic E-state index is 5.68. The van der Waals surface area contributed by atoms with Crippen molar-refractivity contribution in [3.05, 3.63) is 35.7 Å². The molecule has 4 heteroatoms. The van der Waals surface area contributed by atoms with Gasteiger partial charge in [0, 0.05) is 16.4 Å². The highest BCUT2D eigenvalue weighted by molar-refractivity contribution is 14.1. The van der Waals surface area contributed by atoms with Crippen molar-refractivity contribution < 1.29 is 4.42 Å². The molecule has 0 aliphatic heterocycles. The minimum Gasteiger partial charge on any atom is -0.441 e. The van der Waals surface area contributed by atoms with Crippen molar-refractivity contribution in [2.24, 2.45) is 0 Å². The molecule has 0 saturated heterocycles. The summed E-state index contributed by atoms with van der Waals surface area (Å²) in [6.07, 6.45) is 0.974. The van der Waals surface area contributed by atoms with Crippen LogP contribution in [-0.2, 0) is 6.42 Å². The van der Waals surface area contributed by atoms with Crippen molar-refractivity contribution in [3.8, 4) is 11.5 Å². The third-order valence-electron chi connectivity index (χ3n) is 2.52. The van der Waals surface area contributed by atoms with Gasteiger partial charge in [0.1, 0.15) is 13.6 Å². The summed E-state index contributed by atoms with van der Waals surface area (Å²) < 4.78 is 6.75. The summed E-state index contributed by atoms with van der Waals surface area (Å²) in [5, 5.41) is 0. The minimum atomic E-state index is 0.734. The van der Waals surface area contributed by atoms with Crippen molar-refractivity contribution in [2.75, 3.05) is 4.43 Å². The summed E-state index contributed by atoms with van der Waals surface area (Å²) in [6, 6.07) is 8.25. The number of nitrogens with zero attached hydrogens (tertiary/aromatic N) is 1.